The minimum atomic E-state index is -1.07. The Bertz CT molecular complexity index is 1280. The molecule has 0 aromatic carbocycles. The lowest BCUT2D eigenvalue weighted by Gasteiger charge is -2.28. The number of hydrogen-bond donors (Lipinski definition) is 10. The van der Waals surface area contributed by atoms with Gasteiger partial charge in [0.25, 0.3) is 0 Å². The Morgan fingerprint density at radius 3 is 1.39 bits per heavy atom. The smallest absolute Gasteiger partial charge is 0.243 e. The number of aliphatic imine (C=N–C) groups is 2. The van der Waals surface area contributed by atoms with Crippen LogP contribution in [0.4, 0.5) is 0 Å². The fraction of sp³-hybridized carbons (Fsp3) is 0.743. The van der Waals surface area contributed by atoms with E-state index in [2.05, 4.69) is 41.9 Å². The number of carbonyl (C=O) groups is 7. The quantitative estimate of drug-likeness (QED) is 0.0199. The second-order valence-corrected chi connectivity index (χ2v) is 14.2. The van der Waals surface area contributed by atoms with Crippen molar-refractivity contribution in [1.82, 2.24) is 31.9 Å². The molecule has 19 nitrogen and oxygen atoms in total. The molecule has 0 aliphatic rings. The number of rotatable bonds is 27. The number of unbranched alkanes of at least 4 members (excludes halogenated alkanes) is 1. The highest BCUT2D eigenvalue weighted by Gasteiger charge is 2.32. The Morgan fingerprint density at radius 2 is 0.963 bits per heavy atom. The van der Waals surface area contributed by atoms with Gasteiger partial charge in [-0.1, -0.05) is 47.5 Å². The summed E-state index contributed by atoms with van der Waals surface area (Å²) in [5, 5.41) is 16.0. The predicted molar refractivity (Wildman–Crippen MR) is 207 cm³/mol. The zero-order chi connectivity index (χ0) is 41.4. The molecule has 6 amide bonds. The summed E-state index contributed by atoms with van der Waals surface area (Å²) in [7, 11) is 0. The van der Waals surface area contributed by atoms with Crippen LogP contribution in [0.15, 0.2) is 9.98 Å². The lowest BCUT2D eigenvalue weighted by molar-refractivity contribution is -0.135. The summed E-state index contributed by atoms with van der Waals surface area (Å²) in [6.45, 7) is 12.7. The Hall–Kier alpha value is -4.97. The average molecular weight is 767 g/mol. The predicted octanol–water partition coefficient (Wildman–Crippen LogP) is -1.48. The number of aldehydes is 1. The van der Waals surface area contributed by atoms with Crippen LogP contribution in [-0.2, 0) is 33.6 Å². The van der Waals surface area contributed by atoms with Crippen LogP contribution in [0, 0.1) is 11.8 Å². The first-order chi connectivity index (χ1) is 25.3. The molecule has 54 heavy (non-hydrogen) atoms. The van der Waals surface area contributed by atoms with Gasteiger partial charge in [0, 0.05) is 20.0 Å². The SMILES string of the molecule is CCCC[C@H](NC(=O)[C@H](CC(C)C)NC(=O)[C@H](CC(C)C)NC(=O)[C@H](CCCN=C(N)N)NC(C)=O)C(=O)N[C@@H](C)C(=O)N[C@H](C=O)CCCN=C(N)N. The molecule has 0 radical (unpaired) electrons. The number of hydrogen-bond acceptors (Lipinski definition) is 9. The maximum absolute atomic E-state index is 13.7. The van der Waals surface area contributed by atoms with Crippen molar-refractivity contribution in [1.29, 1.82) is 0 Å². The molecule has 14 N–H and O–H groups in total. The number of nitrogens with one attached hydrogen (secondary N) is 6. The van der Waals surface area contributed by atoms with Crippen molar-refractivity contribution in [2.45, 2.75) is 143 Å². The van der Waals surface area contributed by atoms with Gasteiger partial charge < -0.3 is 59.6 Å². The second-order valence-electron chi connectivity index (χ2n) is 14.2. The van der Waals surface area contributed by atoms with E-state index < -0.39 is 71.7 Å². The van der Waals surface area contributed by atoms with Crippen molar-refractivity contribution < 1.29 is 33.6 Å². The molecule has 0 aromatic rings. The van der Waals surface area contributed by atoms with Gasteiger partial charge >= 0.3 is 0 Å². The second kappa shape index (κ2) is 26.7. The summed E-state index contributed by atoms with van der Waals surface area (Å²) in [6, 6.07) is -5.98. The van der Waals surface area contributed by atoms with E-state index in [1.165, 1.54) is 13.8 Å². The van der Waals surface area contributed by atoms with Crippen molar-refractivity contribution in [3.05, 3.63) is 0 Å². The van der Waals surface area contributed by atoms with E-state index in [4.69, 9.17) is 22.9 Å². The third kappa shape index (κ3) is 22.2. The first-order valence-corrected chi connectivity index (χ1v) is 18.7. The lowest BCUT2D eigenvalue weighted by atomic mass is 9.99. The summed E-state index contributed by atoms with van der Waals surface area (Å²) in [5.41, 5.74) is 21.4. The number of amides is 6. The van der Waals surface area contributed by atoms with E-state index in [1.54, 1.807) is 0 Å². The van der Waals surface area contributed by atoms with Crippen molar-refractivity contribution in [3.63, 3.8) is 0 Å². The third-order valence-corrected chi connectivity index (χ3v) is 8.01. The molecule has 0 unspecified atom stereocenters. The Kier molecular flexibility index (Phi) is 24.3. The molecule has 0 rings (SSSR count). The minimum absolute atomic E-state index is 0.0349. The van der Waals surface area contributed by atoms with Crippen LogP contribution in [0.2, 0.25) is 0 Å². The minimum Gasteiger partial charge on any atom is -0.370 e. The van der Waals surface area contributed by atoms with Crippen LogP contribution < -0.4 is 54.8 Å². The maximum atomic E-state index is 13.7. The molecular formula is C35H66N12O7. The Morgan fingerprint density at radius 1 is 0.556 bits per heavy atom. The Balaban J connectivity index is 5.90. The standard InChI is InChI=1S/C35H66N12O7/c1-8-9-13-26(30(51)42-22(6)29(50)44-24(19-48)12-10-15-40-34(36)37)45-32(53)27(17-20(2)3)47-33(54)28(18-21(4)5)46-31(52)25(43-23(7)49)14-11-16-41-35(38)39/h19-22,24-28H,8-18H2,1-7H3,(H,42,51)(H,43,49)(H,44,50)(H,45,53)(H,46,52)(H,47,54)(H4,36,37,40)(H4,38,39,41)/t22-,24-,25-,26-,27-,28-/m0/s1. The normalized spacial score (nSPS) is 14.2. The average Bonchev–Trinajstić information content (AvgIpc) is 3.07. The molecule has 0 saturated carbocycles. The lowest BCUT2D eigenvalue weighted by Crippen LogP contribution is -2.59. The molecule has 0 aromatic heterocycles. The van der Waals surface area contributed by atoms with Gasteiger partial charge in [0.15, 0.2) is 11.9 Å². The number of guanidine groups is 2. The van der Waals surface area contributed by atoms with Crippen LogP contribution in [0.25, 0.3) is 0 Å². The van der Waals surface area contributed by atoms with Gasteiger partial charge in [-0.15, -0.1) is 0 Å². The van der Waals surface area contributed by atoms with Gasteiger partial charge in [-0.25, -0.2) is 0 Å². The molecule has 19 heteroatoms. The number of carbonyl (C=O) groups excluding carboxylic acids is 7. The van der Waals surface area contributed by atoms with E-state index in [9.17, 15) is 33.6 Å². The van der Waals surface area contributed by atoms with Crippen molar-refractivity contribution >= 4 is 53.6 Å². The van der Waals surface area contributed by atoms with Crippen LogP contribution in [-0.4, -0.2) is 103 Å². The van der Waals surface area contributed by atoms with Gasteiger partial charge in [-0.3, -0.25) is 38.8 Å². The molecule has 0 spiro atoms. The zero-order valence-corrected chi connectivity index (χ0v) is 33.0. The maximum Gasteiger partial charge on any atom is 0.243 e. The van der Waals surface area contributed by atoms with Gasteiger partial charge in [-0.2, -0.15) is 0 Å². The molecule has 0 aliphatic carbocycles. The van der Waals surface area contributed by atoms with Crippen molar-refractivity contribution in [3.8, 4) is 0 Å². The fourth-order valence-corrected chi connectivity index (χ4v) is 5.30. The number of nitrogens with zero attached hydrogens (tertiary/aromatic N) is 2. The summed E-state index contributed by atoms with van der Waals surface area (Å²) >= 11 is 0. The molecule has 0 bridgehead atoms. The monoisotopic (exact) mass is 767 g/mol. The first kappa shape index (κ1) is 49.0. The number of nitrogens with two attached hydrogens (primary N) is 4. The van der Waals surface area contributed by atoms with Gasteiger partial charge in [-0.05, 0) is 63.7 Å². The molecule has 6 atom stereocenters. The van der Waals surface area contributed by atoms with Gasteiger partial charge in [0.05, 0.1) is 6.04 Å². The zero-order valence-electron chi connectivity index (χ0n) is 33.0. The van der Waals surface area contributed by atoms with Gasteiger partial charge in [0.2, 0.25) is 35.4 Å². The van der Waals surface area contributed by atoms with E-state index in [-0.39, 0.29) is 68.9 Å². The molecule has 308 valence electrons. The molecule has 0 saturated heterocycles. The molecule has 0 aliphatic heterocycles. The van der Waals surface area contributed by atoms with Crippen LogP contribution >= 0.6 is 0 Å². The van der Waals surface area contributed by atoms with E-state index >= 15 is 0 Å². The molecular weight excluding hydrogens is 700 g/mol. The highest BCUT2D eigenvalue weighted by Crippen LogP contribution is 2.11. The van der Waals surface area contributed by atoms with E-state index in [0.29, 0.717) is 32.0 Å². The van der Waals surface area contributed by atoms with E-state index in [0.717, 1.165) is 0 Å². The van der Waals surface area contributed by atoms with Crippen molar-refractivity contribution in [2.75, 3.05) is 13.1 Å². The summed E-state index contributed by atoms with van der Waals surface area (Å²) < 4.78 is 0. The third-order valence-electron chi connectivity index (χ3n) is 8.01. The molecule has 0 heterocycles. The summed E-state index contributed by atoms with van der Waals surface area (Å²) in [5.74, 6) is -3.72. The molecule has 0 fully saturated rings. The van der Waals surface area contributed by atoms with Crippen LogP contribution in [0.1, 0.15) is 106 Å². The largest absolute Gasteiger partial charge is 0.370 e. The van der Waals surface area contributed by atoms with E-state index in [1.807, 2.05) is 34.6 Å². The van der Waals surface area contributed by atoms with Crippen LogP contribution in [0.3, 0.4) is 0 Å². The Labute approximate surface area is 319 Å². The fourth-order valence-electron chi connectivity index (χ4n) is 5.30. The van der Waals surface area contributed by atoms with Gasteiger partial charge in [0.1, 0.15) is 36.5 Å². The van der Waals surface area contributed by atoms with Crippen molar-refractivity contribution in [2.24, 2.45) is 44.8 Å². The highest BCUT2D eigenvalue weighted by atomic mass is 16.2. The summed E-state index contributed by atoms with van der Waals surface area (Å²) in [4.78, 5) is 98.2. The van der Waals surface area contributed by atoms with Crippen LogP contribution in [0.5, 0.6) is 0 Å². The topological polar surface area (TPSA) is 320 Å². The first-order valence-electron chi connectivity index (χ1n) is 18.7. The highest BCUT2D eigenvalue weighted by molar-refractivity contribution is 5.96. The summed E-state index contributed by atoms with van der Waals surface area (Å²) in [6.07, 6.45) is 3.89.